The van der Waals surface area contributed by atoms with Gasteiger partial charge in [0.05, 0.1) is 6.61 Å². The molecule has 10 heteroatoms. The fraction of sp³-hybridized carbons (Fsp3) is 0.233. The van der Waals surface area contributed by atoms with Crippen LogP contribution in [-0.2, 0) is 17.2 Å². The zero-order valence-electron chi connectivity index (χ0n) is 22.3. The number of carbonyl (C=O) groups excluding carboxylic acids is 1. The van der Waals surface area contributed by atoms with E-state index in [2.05, 4.69) is 5.32 Å². The quantitative estimate of drug-likeness (QED) is 0.188. The molecule has 0 amide bonds. The number of Topliss-reactive ketones (excluding diaryl/α,β-unsaturated/α-hetero) is 1. The first kappa shape index (κ1) is 28.1. The number of fused-ring (bicyclic) bond motifs is 1. The Bertz CT molecular complexity index is 1590. The van der Waals surface area contributed by atoms with E-state index in [1.54, 1.807) is 11.6 Å². The topological polar surface area (TPSA) is 78.3 Å². The van der Waals surface area contributed by atoms with E-state index in [0.717, 1.165) is 22.4 Å². The minimum Gasteiger partial charge on any atom is -0.490 e. The van der Waals surface area contributed by atoms with E-state index in [1.807, 2.05) is 80.6 Å². The number of aromatic nitrogens is 3. The lowest BCUT2D eigenvalue weighted by molar-refractivity contribution is -0.114. The van der Waals surface area contributed by atoms with E-state index in [0.29, 0.717) is 57.2 Å². The molecule has 0 bridgehead atoms. The van der Waals surface area contributed by atoms with E-state index in [-0.39, 0.29) is 5.78 Å². The highest BCUT2D eigenvalue weighted by Crippen LogP contribution is 2.40. The Labute approximate surface area is 247 Å². The standard InChI is InChI=1S/C30H28Cl2N4O3S/c1-4-38-26-15-20(13-14-25(26)39-16-21-9-5-7-11-23(21)31)28-27(19(3)37)18(2)33-29-34-30(35-36(28)29)40-17-22-10-6-8-12-24(22)32/h5-15,28H,4,16-17H2,1-3H3,(H,33,34,35). The fourth-order valence-electron chi connectivity index (χ4n) is 4.57. The maximum absolute atomic E-state index is 12.9. The lowest BCUT2D eigenvalue weighted by Gasteiger charge is -2.28. The summed E-state index contributed by atoms with van der Waals surface area (Å²) < 4.78 is 13.8. The number of rotatable bonds is 10. The molecule has 206 valence electrons. The van der Waals surface area contributed by atoms with Crippen LogP contribution in [0.5, 0.6) is 11.5 Å². The number of ether oxygens (including phenoxy) is 2. The number of benzene rings is 3. The molecule has 0 saturated carbocycles. The molecule has 0 aliphatic carbocycles. The van der Waals surface area contributed by atoms with Crippen LogP contribution < -0.4 is 14.8 Å². The highest BCUT2D eigenvalue weighted by atomic mass is 35.5. The van der Waals surface area contributed by atoms with Crippen LogP contribution in [0.2, 0.25) is 10.0 Å². The zero-order chi connectivity index (χ0) is 28.2. The molecular weight excluding hydrogens is 567 g/mol. The first-order valence-corrected chi connectivity index (χ1v) is 14.5. The number of carbonyl (C=O) groups is 1. The summed E-state index contributed by atoms with van der Waals surface area (Å²) in [4.78, 5) is 17.6. The zero-order valence-corrected chi connectivity index (χ0v) is 24.6. The van der Waals surface area contributed by atoms with E-state index in [9.17, 15) is 4.79 Å². The van der Waals surface area contributed by atoms with Crippen LogP contribution in [-0.4, -0.2) is 27.2 Å². The van der Waals surface area contributed by atoms with Crippen LogP contribution in [0.1, 0.15) is 43.5 Å². The van der Waals surface area contributed by atoms with E-state index in [1.165, 1.54) is 11.8 Å². The molecule has 4 aromatic rings. The van der Waals surface area contributed by atoms with Gasteiger partial charge in [0, 0.05) is 32.6 Å². The van der Waals surface area contributed by atoms with Gasteiger partial charge in [-0.1, -0.05) is 77.4 Å². The Morgan fingerprint density at radius 2 is 1.70 bits per heavy atom. The number of nitrogens with one attached hydrogen (secondary N) is 1. The number of ketones is 1. The van der Waals surface area contributed by atoms with Crippen molar-refractivity contribution >= 4 is 46.7 Å². The fourth-order valence-corrected chi connectivity index (χ4v) is 5.87. The second-order valence-corrected chi connectivity index (χ2v) is 10.9. The molecule has 1 aliphatic heterocycles. The predicted molar refractivity (Wildman–Crippen MR) is 160 cm³/mol. The molecule has 0 saturated heterocycles. The van der Waals surface area contributed by atoms with Crippen molar-refractivity contribution in [3.8, 4) is 11.5 Å². The largest absolute Gasteiger partial charge is 0.490 e. The second kappa shape index (κ2) is 12.4. The Kier molecular flexibility index (Phi) is 8.69. The average Bonchev–Trinajstić information content (AvgIpc) is 3.34. The molecule has 0 spiro atoms. The minimum absolute atomic E-state index is 0.0570. The molecule has 1 aromatic heterocycles. The van der Waals surface area contributed by atoms with Crippen molar-refractivity contribution in [1.82, 2.24) is 14.8 Å². The molecule has 1 aliphatic rings. The summed E-state index contributed by atoms with van der Waals surface area (Å²) in [6.07, 6.45) is 0. The second-order valence-electron chi connectivity index (χ2n) is 9.18. The number of hydrogen-bond acceptors (Lipinski definition) is 7. The van der Waals surface area contributed by atoms with E-state index >= 15 is 0 Å². The van der Waals surface area contributed by atoms with Crippen LogP contribution in [0.15, 0.2) is 83.2 Å². The van der Waals surface area contributed by atoms with Crippen LogP contribution in [0, 0.1) is 0 Å². The molecule has 0 fully saturated rings. The third kappa shape index (κ3) is 5.99. The summed E-state index contributed by atoms with van der Waals surface area (Å²) in [5.74, 6) is 2.27. The molecule has 40 heavy (non-hydrogen) atoms. The predicted octanol–water partition coefficient (Wildman–Crippen LogP) is 7.73. The van der Waals surface area contributed by atoms with Crippen molar-refractivity contribution in [2.75, 3.05) is 11.9 Å². The van der Waals surface area contributed by atoms with Gasteiger partial charge in [0.1, 0.15) is 12.6 Å². The maximum Gasteiger partial charge on any atom is 0.227 e. The van der Waals surface area contributed by atoms with Gasteiger partial charge in [-0.25, -0.2) is 4.68 Å². The van der Waals surface area contributed by atoms with Crippen LogP contribution in [0.3, 0.4) is 0 Å². The molecule has 7 nitrogen and oxygen atoms in total. The highest BCUT2D eigenvalue weighted by molar-refractivity contribution is 7.98. The molecule has 1 atom stereocenters. The van der Waals surface area contributed by atoms with Gasteiger partial charge in [-0.2, -0.15) is 4.98 Å². The van der Waals surface area contributed by atoms with E-state index < -0.39 is 6.04 Å². The van der Waals surface area contributed by atoms with E-state index in [4.69, 9.17) is 42.8 Å². The van der Waals surface area contributed by atoms with Gasteiger partial charge in [-0.3, -0.25) is 4.79 Å². The average molecular weight is 596 g/mol. The number of allylic oxidation sites excluding steroid dienone is 2. The summed E-state index contributed by atoms with van der Waals surface area (Å²) >= 11 is 14.1. The molecule has 1 N–H and O–H groups in total. The summed E-state index contributed by atoms with van der Waals surface area (Å²) in [6, 6.07) is 20.5. The summed E-state index contributed by atoms with van der Waals surface area (Å²) in [6.45, 7) is 6.10. The number of hydrogen-bond donors (Lipinski definition) is 1. The highest BCUT2D eigenvalue weighted by Gasteiger charge is 2.33. The van der Waals surface area contributed by atoms with Gasteiger partial charge in [-0.15, -0.1) is 5.10 Å². The van der Waals surface area contributed by atoms with Gasteiger partial charge in [0.15, 0.2) is 17.3 Å². The maximum atomic E-state index is 12.9. The molecular formula is C30H28Cl2N4O3S. The van der Waals surface area contributed by atoms with Gasteiger partial charge < -0.3 is 14.8 Å². The number of nitrogens with zero attached hydrogens (tertiary/aromatic N) is 3. The van der Waals surface area contributed by atoms with Crippen molar-refractivity contribution in [3.63, 3.8) is 0 Å². The van der Waals surface area contributed by atoms with Crippen molar-refractivity contribution in [1.29, 1.82) is 0 Å². The summed E-state index contributed by atoms with van der Waals surface area (Å²) in [5, 5.41) is 9.97. The van der Waals surface area contributed by atoms with Crippen molar-refractivity contribution in [3.05, 3.63) is 105 Å². The first-order valence-electron chi connectivity index (χ1n) is 12.8. The number of thioether (sulfide) groups is 1. The molecule has 5 rings (SSSR count). The van der Waals surface area contributed by atoms with Crippen molar-refractivity contribution < 1.29 is 14.3 Å². The summed E-state index contributed by atoms with van der Waals surface area (Å²) in [7, 11) is 0. The number of anilines is 1. The SMILES string of the molecule is CCOc1cc(C2C(C(C)=O)=C(C)Nc3nc(SCc4ccccc4Cl)nn32)ccc1OCc1ccccc1Cl. The van der Waals surface area contributed by atoms with Crippen LogP contribution in [0.4, 0.5) is 5.95 Å². The van der Waals surface area contributed by atoms with Crippen LogP contribution >= 0.6 is 35.0 Å². The monoisotopic (exact) mass is 594 g/mol. The lowest BCUT2D eigenvalue weighted by atomic mass is 9.93. The van der Waals surface area contributed by atoms with Gasteiger partial charge in [0.25, 0.3) is 0 Å². The molecule has 3 aromatic carbocycles. The first-order chi connectivity index (χ1) is 19.4. The Morgan fingerprint density at radius 1 is 1.00 bits per heavy atom. The molecule has 1 unspecified atom stereocenters. The van der Waals surface area contributed by atoms with Crippen molar-refractivity contribution in [2.24, 2.45) is 0 Å². The number of halogens is 2. The van der Waals surface area contributed by atoms with Gasteiger partial charge in [0.2, 0.25) is 11.1 Å². The Balaban J connectivity index is 1.47. The normalized spacial score (nSPS) is 14.5. The van der Waals surface area contributed by atoms with Crippen molar-refractivity contribution in [2.45, 2.75) is 44.3 Å². The van der Waals surface area contributed by atoms with Crippen LogP contribution in [0.25, 0.3) is 0 Å². The summed E-state index contributed by atoms with van der Waals surface area (Å²) in [5.41, 5.74) is 4.04. The molecule has 2 heterocycles. The Hall–Kier alpha value is -3.46. The lowest BCUT2D eigenvalue weighted by Crippen LogP contribution is -2.27. The molecule has 0 radical (unpaired) electrons. The Morgan fingerprint density at radius 3 is 2.38 bits per heavy atom. The minimum atomic E-state index is -0.493. The third-order valence-corrected chi connectivity index (χ3v) is 8.08. The van der Waals surface area contributed by atoms with Gasteiger partial charge in [-0.05, 0) is 56.2 Å². The smallest absolute Gasteiger partial charge is 0.227 e. The third-order valence-electron chi connectivity index (χ3n) is 6.45. The van der Waals surface area contributed by atoms with Gasteiger partial charge >= 0.3 is 0 Å².